The number of rotatable bonds is 10. The molecule has 0 unspecified atom stereocenters. The molecule has 0 spiro atoms. The van der Waals surface area contributed by atoms with Crippen molar-refractivity contribution in [3.05, 3.63) is 111 Å². The monoisotopic (exact) mass is 619 g/mol. The summed E-state index contributed by atoms with van der Waals surface area (Å²) >= 11 is 10.2. The molecule has 0 fully saturated rings. The molecule has 0 saturated carbocycles. The number of ether oxygens (including phenoxy) is 2. The lowest BCUT2D eigenvalue weighted by Crippen LogP contribution is -2.02. The van der Waals surface area contributed by atoms with Gasteiger partial charge in [-0.2, -0.15) is 4.98 Å². The van der Waals surface area contributed by atoms with Gasteiger partial charge < -0.3 is 19.1 Å². The Kier molecular flexibility index (Phi) is 8.54. The van der Waals surface area contributed by atoms with Gasteiger partial charge in [0.2, 0.25) is 5.82 Å². The third-order valence-electron chi connectivity index (χ3n) is 6.24. The molecule has 0 aliphatic carbocycles. The van der Waals surface area contributed by atoms with Crippen LogP contribution in [0.4, 0.5) is 0 Å². The minimum atomic E-state index is -0.320. The van der Waals surface area contributed by atoms with Crippen molar-refractivity contribution in [2.45, 2.75) is 26.7 Å². The quantitative estimate of drug-likeness (QED) is 0.167. The number of hydrogen-bond acceptors (Lipinski definition) is 8. The topological polar surface area (TPSA) is 108 Å². The highest BCUT2D eigenvalue weighted by Crippen LogP contribution is 2.38. The first kappa shape index (κ1) is 27.5. The summed E-state index contributed by atoms with van der Waals surface area (Å²) in [5, 5.41) is 13.6. The summed E-state index contributed by atoms with van der Waals surface area (Å²) in [7, 11) is 0. The lowest BCUT2D eigenvalue weighted by molar-refractivity contribution is 0.111. The Morgan fingerprint density at radius 3 is 2.52 bits per heavy atom. The third-order valence-corrected chi connectivity index (χ3v) is 7.47. The van der Waals surface area contributed by atoms with E-state index in [1.165, 1.54) is 6.07 Å². The predicted octanol–water partition coefficient (Wildman–Crippen LogP) is 6.99. The number of nitrogens with zero attached hydrogens (tertiary/aromatic N) is 3. The van der Waals surface area contributed by atoms with E-state index in [2.05, 4.69) is 31.1 Å². The van der Waals surface area contributed by atoms with E-state index < -0.39 is 0 Å². The molecule has 8 nitrogen and oxygen atoms in total. The van der Waals surface area contributed by atoms with Gasteiger partial charge in [0.25, 0.3) is 5.89 Å². The molecule has 202 valence electrons. The van der Waals surface area contributed by atoms with E-state index in [-0.39, 0.29) is 25.7 Å². The zero-order chi connectivity index (χ0) is 28.1. The van der Waals surface area contributed by atoms with Crippen molar-refractivity contribution in [1.82, 2.24) is 15.1 Å². The predicted molar refractivity (Wildman–Crippen MR) is 153 cm³/mol. The molecular weight excluding hydrogens is 598 g/mol. The SMILES string of the molecule is Cc1c(-c2noc(CO)n2)cccc1-c1cccc(COc2cc(OCc3cccnc3)c(C=O)cc2Cl)c1Br. The zero-order valence-corrected chi connectivity index (χ0v) is 23.6. The van der Waals surface area contributed by atoms with Gasteiger partial charge in [-0.1, -0.05) is 59.2 Å². The van der Waals surface area contributed by atoms with Crippen LogP contribution >= 0.6 is 27.5 Å². The van der Waals surface area contributed by atoms with Crippen molar-refractivity contribution < 1.29 is 23.9 Å². The van der Waals surface area contributed by atoms with Gasteiger partial charge in [0, 0.05) is 39.6 Å². The highest BCUT2D eigenvalue weighted by atomic mass is 79.9. The molecule has 5 rings (SSSR count). The molecular formula is C30H23BrClN3O5. The van der Waals surface area contributed by atoms with Gasteiger partial charge >= 0.3 is 0 Å². The van der Waals surface area contributed by atoms with Gasteiger partial charge in [-0.05, 0) is 51.7 Å². The summed E-state index contributed by atoms with van der Waals surface area (Å²) in [6.07, 6.45) is 4.08. The van der Waals surface area contributed by atoms with Crippen LogP contribution in [-0.4, -0.2) is 26.5 Å². The van der Waals surface area contributed by atoms with Crippen LogP contribution in [0.1, 0.15) is 32.9 Å². The average molecular weight is 621 g/mol. The molecule has 1 N–H and O–H groups in total. The fraction of sp³-hybridized carbons (Fsp3) is 0.133. The number of aldehydes is 1. The largest absolute Gasteiger partial charge is 0.488 e. The fourth-order valence-corrected chi connectivity index (χ4v) is 4.99. The second-order valence-corrected chi connectivity index (χ2v) is 10.0. The number of hydrogen-bond donors (Lipinski definition) is 1. The number of carbonyl (C=O) groups excluding carboxylic acids is 1. The van der Waals surface area contributed by atoms with Crippen LogP contribution in [0.5, 0.6) is 11.5 Å². The van der Waals surface area contributed by atoms with E-state index >= 15 is 0 Å². The second-order valence-electron chi connectivity index (χ2n) is 8.80. The van der Waals surface area contributed by atoms with Crippen molar-refractivity contribution in [3.8, 4) is 34.0 Å². The van der Waals surface area contributed by atoms with E-state index in [0.717, 1.165) is 37.9 Å². The van der Waals surface area contributed by atoms with E-state index in [1.54, 1.807) is 18.5 Å². The summed E-state index contributed by atoms with van der Waals surface area (Å²) in [6, 6.07) is 18.6. The van der Waals surface area contributed by atoms with E-state index in [1.807, 2.05) is 55.5 Å². The molecule has 0 saturated heterocycles. The summed E-state index contributed by atoms with van der Waals surface area (Å²) in [5.74, 6) is 1.32. The molecule has 2 aromatic heterocycles. The second kappa shape index (κ2) is 12.4. The highest BCUT2D eigenvalue weighted by Gasteiger charge is 2.17. The molecule has 0 atom stereocenters. The Morgan fingerprint density at radius 1 is 1.00 bits per heavy atom. The molecule has 0 bridgehead atoms. The standard InChI is InChI=1S/C30H23BrClN3O5/c1-18-22(7-3-8-23(18)30-34-28(15-37)40-35-30)24-9-2-6-20(29(24)31)17-39-27-12-26(21(14-36)11-25(27)32)38-16-19-5-4-10-33-13-19/h2-14,37H,15-17H2,1H3. The highest BCUT2D eigenvalue weighted by molar-refractivity contribution is 9.10. The summed E-state index contributed by atoms with van der Waals surface area (Å²) < 4.78 is 17.9. The molecule has 0 aliphatic rings. The number of aliphatic hydroxyl groups is 1. The Labute approximate surface area is 243 Å². The van der Waals surface area contributed by atoms with Crippen molar-refractivity contribution in [3.63, 3.8) is 0 Å². The summed E-state index contributed by atoms with van der Waals surface area (Å²) in [5.41, 5.74) is 5.76. The van der Waals surface area contributed by atoms with Crippen molar-refractivity contribution in [2.24, 2.45) is 0 Å². The zero-order valence-electron chi connectivity index (χ0n) is 21.3. The van der Waals surface area contributed by atoms with E-state index in [9.17, 15) is 9.90 Å². The first-order valence-corrected chi connectivity index (χ1v) is 13.4. The molecule has 0 amide bonds. The average Bonchev–Trinajstić information content (AvgIpc) is 3.46. The maximum absolute atomic E-state index is 11.6. The number of aromatic nitrogens is 3. The Balaban J connectivity index is 1.39. The third kappa shape index (κ3) is 5.91. The summed E-state index contributed by atoms with van der Waals surface area (Å²) in [6.45, 7) is 2.11. The molecule has 0 aliphatic heterocycles. The number of carbonyl (C=O) groups is 1. The van der Waals surface area contributed by atoms with Gasteiger partial charge in [0.1, 0.15) is 31.3 Å². The van der Waals surface area contributed by atoms with Crippen LogP contribution in [0.25, 0.3) is 22.5 Å². The number of pyridine rings is 1. The number of benzene rings is 3. The maximum atomic E-state index is 11.6. The van der Waals surface area contributed by atoms with Crippen LogP contribution in [0, 0.1) is 6.92 Å². The van der Waals surface area contributed by atoms with Gasteiger partial charge in [0.15, 0.2) is 6.29 Å². The number of aliphatic hydroxyl groups excluding tert-OH is 1. The van der Waals surface area contributed by atoms with Gasteiger partial charge in [-0.25, -0.2) is 0 Å². The first-order chi connectivity index (χ1) is 19.5. The first-order valence-electron chi connectivity index (χ1n) is 12.2. The van der Waals surface area contributed by atoms with Crippen molar-refractivity contribution >= 4 is 33.8 Å². The molecule has 5 aromatic rings. The van der Waals surface area contributed by atoms with Crippen LogP contribution in [-0.2, 0) is 19.8 Å². The van der Waals surface area contributed by atoms with Crippen LogP contribution in [0.2, 0.25) is 5.02 Å². The van der Waals surface area contributed by atoms with Crippen molar-refractivity contribution in [1.29, 1.82) is 0 Å². The van der Waals surface area contributed by atoms with Gasteiger partial charge in [0.05, 0.1) is 10.6 Å². The van der Waals surface area contributed by atoms with Crippen LogP contribution in [0.15, 0.2) is 82.1 Å². The minimum absolute atomic E-state index is 0.158. The molecule has 40 heavy (non-hydrogen) atoms. The minimum Gasteiger partial charge on any atom is -0.488 e. The lowest BCUT2D eigenvalue weighted by atomic mass is 9.95. The molecule has 0 radical (unpaired) electrons. The molecule has 10 heteroatoms. The van der Waals surface area contributed by atoms with E-state index in [4.69, 9.17) is 25.6 Å². The van der Waals surface area contributed by atoms with Crippen LogP contribution in [0.3, 0.4) is 0 Å². The molecule has 3 aromatic carbocycles. The Hall–Kier alpha value is -4.05. The van der Waals surface area contributed by atoms with Crippen molar-refractivity contribution in [2.75, 3.05) is 0 Å². The Morgan fingerprint density at radius 2 is 1.77 bits per heavy atom. The summed E-state index contributed by atoms with van der Waals surface area (Å²) in [4.78, 5) is 20.0. The van der Waals surface area contributed by atoms with Gasteiger partial charge in [-0.15, -0.1) is 0 Å². The maximum Gasteiger partial charge on any atom is 0.252 e. The van der Waals surface area contributed by atoms with Gasteiger partial charge in [-0.3, -0.25) is 9.78 Å². The fourth-order valence-electron chi connectivity index (χ4n) is 4.18. The van der Waals surface area contributed by atoms with Crippen LogP contribution < -0.4 is 9.47 Å². The number of halogens is 2. The normalized spacial score (nSPS) is 10.9. The smallest absolute Gasteiger partial charge is 0.252 e. The Bertz CT molecular complexity index is 1660. The lowest BCUT2D eigenvalue weighted by Gasteiger charge is -2.16. The van der Waals surface area contributed by atoms with E-state index in [0.29, 0.717) is 34.2 Å². The molecule has 2 heterocycles.